The number of ether oxygens (including phenoxy) is 1. The van der Waals surface area contributed by atoms with Gasteiger partial charge in [0.2, 0.25) is 0 Å². The van der Waals surface area contributed by atoms with Crippen molar-refractivity contribution < 1.29 is 4.74 Å². The smallest absolute Gasteiger partial charge is 0.267 e. The lowest BCUT2D eigenvalue weighted by Crippen LogP contribution is -2.38. The molecule has 2 aromatic rings. The molecule has 1 unspecified atom stereocenters. The Morgan fingerprint density at radius 1 is 1.27 bits per heavy atom. The largest absolute Gasteiger partial charge is 0.376 e. The van der Waals surface area contributed by atoms with Gasteiger partial charge in [-0.05, 0) is 32.2 Å². The normalized spacial score (nSPS) is 23.3. The SMILES string of the molecule is O=c1cc2c(nn1CC1CCCN1Cc1cncn1C1CC1)CCOC2. The minimum absolute atomic E-state index is 0.0101. The molecule has 2 aliphatic heterocycles. The molecule has 0 amide bonds. The van der Waals surface area contributed by atoms with Crippen LogP contribution in [0, 0.1) is 0 Å². The summed E-state index contributed by atoms with van der Waals surface area (Å²) in [6.07, 6.45) is 9.59. The zero-order chi connectivity index (χ0) is 17.5. The fourth-order valence-corrected chi connectivity index (χ4v) is 4.24. The standard InChI is InChI=1S/C19H25N5O2/c25-19-8-14-12-26-7-5-18(14)21-24(19)11-16-2-1-6-22(16)10-17-9-20-13-23(17)15-3-4-15/h8-9,13,15-16H,1-7,10-12H2. The Morgan fingerprint density at radius 3 is 3.08 bits per heavy atom. The Morgan fingerprint density at radius 2 is 2.19 bits per heavy atom. The summed E-state index contributed by atoms with van der Waals surface area (Å²) < 4.78 is 9.43. The van der Waals surface area contributed by atoms with Crippen LogP contribution in [0.3, 0.4) is 0 Å². The molecule has 3 aliphatic rings. The van der Waals surface area contributed by atoms with Gasteiger partial charge in [0.1, 0.15) is 0 Å². The lowest BCUT2D eigenvalue weighted by atomic mass is 10.1. The molecule has 1 aliphatic carbocycles. The van der Waals surface area contributed by atoms with E-state index in [1.165, 1.54) is 25.0 Å². The van der Waals surface area contributed by atoms with Crippen molar-refractivity contribution in [1.82, 2.24) is 24.2 Å². The Labute approximate surface area is 152 Å². The number of hydrogen-bond donors (Lipinski definition) is 0. The van der Waals surface area contributed by atoms with Gasteiger partial charge in [0.25, 0.3) is 5.56 Å². The third-order valence-electron chi connectivity index (χ3n) is 5.84. The van der Waals surface area contributed by atoms with Crippen molar-refractivity contribution in [2.45, 2.75) is 63.9 Å². The Balaban J connectivity index is 1.33. The molecule has 0 radical (unpaired) electrons. The summed E-state index contributed by atoms with van der Waals surface area (Å²) in [5, 5.41) is 4.64. The maximum atomic E-state index is 12.5. The van der Waals surface area contributed by atoms with E-state index >= 15 is 0 Å². The molecular weight excluding hydrogens is 330 g/mol. The van der Waals surface area contributed by atoms with Crippen LogP contribution in [0.4, 0.5) is 0 Å². The summed E-state index contributed by atoms with van der Waals surface area (Å²) in [6, 6.07) is 2.73. The summed E-state index contributed by atoms with van der Waals surface area (Å²) in [7, 11) is 0. The van der Waals surface area contributed by atoms with Gasteiger partial charge in [-0.15, -0.1) is 0 Å². The molecule has 1 saturated heterocycles. The molecular formula is C19H25N5O2. The molecule has 26 heavy (non-hydrogen) atoms. The number of fused-ring (bicyclic) bond motifs is 1. The maximum absolute atomic E-state index is 12.5. The second-order valence-electron chi connectivity index (χ2n) is 7.73. The van der Waals surface area contributed by atoms with Crippen LogP contribution in [-0.2, 0) is 30.9 Å². The number of hydrogen-bond acceptors (Lipinski definition) is 5. The van der Waals surface area contributed by atoms with E-state index in [0.717, 1.165) is 37.2 Å². The lowest BCUT2D eigenvalue weighted by Gasteiger charge is -2.25. The Hall–Kier alpha value is -1.99. The quantitative estimate of drug-likeness (QED) is 0.813. The van der Waals surface area contributed by atoms with E-state index in [2.05, 4.69) is 19.5 Å². The fraction of sp³-hybridized carbons (Fsp3) is 0.632. The number of imidazole rings is 1. The molecule has 0 aromatic carbocycles. The van der Waals surface area contributed by atoms with E-state index in [1.807, 2.05) is 12.5 Å². The van der Waals surface area contributed by atoms with Crippen molar-refractivity contribution in [3.8, 4) is 0 Å². The molecule has 0 bridgehead atoms. The third kappa shape index (κ3) is 3.10. The van der Waals surface area contributed by atoms with Crippen LogP contribution in [0.25, 0.3) is 0 Å². The van der Waals surface area contributed by atoms with Gasteiger partial charge in [-0.1, -0.05) is 0 Å². The summed E-state index contributed by atoms with van der Waals surface area (Å²) in [5.41, 5.74) is 3.26. The van der Waals surface area contributed by atoms with Crippen LogP contribution >= 0.6 is 0 Å². The zero-order valence-corrected chi connectivity index (χ0v) is 15.0. The molecule has 0 N–H and O–H groups in total. The highest BCUT2D eigenvalue weighted by atomic mass is 16.5. The first-order chi connectivity index (χ1) is 12.8. The van der Waals surface area contributed by atoms with Crippen LogP contribution in [0.2, 0.25) is 0 Å². The molecule has 1 atom stereocenters. The molecule has 2 fully saturated rings. The molecule has 0 spiro atoms. The Bertz CT molecular complexity index is 854. The fourth-order valence-electron chi connectivity index (χ4n) is 4.24. The molecule has 4 heterocycles. The molecule has 5 rings (SSSR count). The van der Waals surface area contributed by atoms with Crippen LogP contribution in [0.15, 0.2) is 23.4 Å². The van der Waals surface area contributed by atoms with E-state index in [9.17, 15) is 4.79 Å². The van der Waals surface area contributed by atoms with Gasteiger partial charge >= 0.3 is 0 Å². The number of likely N-dealkylation sites (tertiary alicyclic amines) is 1. The first-order valence-corrected chi connectivity index (χ1v) is 9.70. The van der Waals surface area contributed by atoms with Crippen LogP contribution in [0.5, 0.6) is 0 Å². The molecule has 2 aromatic heterocycles. The number of nitrogens with zero attached hydrogens (tertiary/aromatic N) is 5. The predicted molar refractivity (Wildman–Crippen MR) is 95.8 cm³/mol. The van der Waals surface area contributed by atoms with Gasteiger partial charge in [0.15, 0.2) is 0 Å². The van der Waals surface area contributed by atoms with Crippen molar-refractivity contribution in [3.05, 3.63) is 45.9 Å². The summed E-state index contributed by atoms with van der Waals surface area (Å²) in [6.45, 7) is 3.87. The van der Waals surface area contributed by atoms with Crippen molar-refractivity contribution in [3.63, 3.8) is 0 Å². The summed E-state index contributed by atoms with van der Waals surface area (Å²) in [4.78, 5) is 19.3. The van der Waals surface area contributed by atoms with Gasteiger partial charge < -0.3 is 9.30 Å². The van der Waals surface area contributed by atoms with Crippen LogP contribution in [-0.4, -0.2) is 43.4 Å². The van der Waals surface area contributed by atoms with Crippen molar-refractivity contribution in [1.29, 1.82) is 0 Å². The van der Waals surface area contributed by atoms with Gasteiger partial charge in [-0.25, -0.2) is 9.67 Å². The molecule has 7 heteroatoms. The van der Waals surface area contributed by atoms with E-state index in [0.29, 0.717) is 31.8 Å². The van der Waals surface area contributed by atoms with E-state index in [-0.39, 0.29) is 5.56 Å². The number of aromatic nitrogens is 4. The third-order valence-corrected chi connectivity index (χ3v) is 5.84. The highest BCUT2D eigenvalue weighted by Crippen LogP contribution is 2.36. The average Bonchev–Trinajstić information content (AvgIpc) is 3.23. The van der Waals surface area contributed by atoms with Crippen LogP contribution < -0.4 is 5.56 Å². The van der Waals surface area contributed by atoms with Crippen molar-refractivity contribution >= 4 is 0 Å². The first kappa shape index (κ1) is 16.2. The molecule has 138 valence electrons. The lowest BCUT2D eigenvalue weighted by molar-refractivity contribution is 0.107. The van der Waals surface area contributed by atoms with E-state index in [4.69, 9.17) is 4.74 Å². The Kier molecular flexibility index (Phi) is 4.13. The highest BCUT2D eigenvalue weighted by Gasteiger charge is 2.29. The monoisotopic (exact) mass is 355 g/mol. The highest BCUT2D eigenvalue weighted by molar-refractivity contribution is 5.18. The topological polar surface area (TPSA) is 65.2 Å². The zero-order valence-electron chi connectivity index (χ0n) is 15.0. The van der Waals surface area contributed by atoms with Crippen molar-refractivity contribution in [2.75, 3.05) is 13.2 Å². The van der Waals surface area contributed by atoms with Crippen LogP contribution in [0.1, 0.15) is 48.7 Å². The second-order valence-corrected chi connectivity index (χ2v) is 7.73. The average molecular weight is 355 g/mol. The minimum Gasteiger partial charge on any atom is -0.376 e. The van der Waals surface area contributed by atoms with Gasteiger partial charge in [-0.3, -0.25) is 9.69 Å². The minimum atomic E-state index is -0.0101. The second kappa shape index (κ2) is 6.63. The van der Waals surface area contributed by atoms with Gasteiger partial charge in [0, 0.05) is 42.9 Å². The first-order valence-electron chi connectivity index (χ1n) is 9.70. The van der Waals surface area contributed by atoms with E-state index < -0.39 is 0 Å². The molecule has 1 saturated carbocycles. The van der Waals surface area contributed by atoms with Gasteiger partial charge in [-0.2, -0.15) is 5.10 Å². The number of rotatable bonds is 5. The van der Waals surface area contributed by atoms with E-state index in [1.54, 1.807) is 10.7 Å². The summed E-state index contributed by atoms with van der Waals surface area (Å²) >= 11 is 0. The maximum Gasteiger partial charge on any atom is 0.267 e. The van der Waals surface area contributed by atoms with Gasteiger partial charge in [0.05, 0.1) is 37.5 Å². The summed E-state index contributed by atoms with van der Waals surface area (Å²) in [5.74, 6) is 0. The molecule has 7 nitrogen and oxygen atoms in total. The van der Waals surface area contributed by atoms with Crippen molar-refractivity contribution in [2.24, 2.45) is 0 Å². The predicted octanol–water partition coefficient (Wildman–Crippen LogP) is 1.51.